The predicted octanol–water partition coefficient (Wildman–Crippen LogP) is 1.47. The van der Waals surface area contributed by atoms with Crippen LogP contribution in [0.25, 0.3) is 22.3 Å². The summed E-state index contributed by atoms with van der Waals surface area (Å²) in [6.45, 7) is 1.72. The highest BCUT2D eigenvalue weighted by Gasteiger charge is 2.45. The summed E-state index contributed by atoms with van der Waals surface area (Å²) in [7, 11) is 0. The molecule has 3 aromatic rings. The Hall–Kier alpha value is -3.56. The molecule has 2 aliphatic heterocycles. The molecular formula is C24H23N3O6. The Balaban J connectivity index is 1.56. The van der Waals surface area contributed by atoms with Gasteiger partial charge < -0.3 is 19.1 Å². The zero-order valence-electron chi connectivity index (χ0n) is 18.1. The third kappa shape index (κ3) is 3.32. The minimum absolute atomic E-state index is 0.0985. The predicted molar refractivity (Wildman–Crippen MR) is 118 cm³/mol. The maximum atomic E-state index is 13.2. The number of aliphatic hydroxyl groups is 1. The summed E-state index contributed by atoms with van der Waals surface area (Å²) in [4.78, 5) is 41.9. The number of carbonyl (C=O) groups excluding carboxylic acids is 2. The van der Waals surface area contributed by atoms with E-state index < -0.39 is 11.6 Å². The number of nitrogens with zero attached hydrogens (tertiary/aromatic N) is 2. The summed E-state index contributed by atoms with van der Waals surface area (Å²) in [6, 6.07) is 9.43. The van der Waals surface area contributed by atoms with Gasteiger partial charge in [-0.2, -0.15) is 0 Å². The Morgan fingerprint density at radius 3 is 2.88 bits per heavy atom. The highest BCUT2D eigenvalue weighted by molar-refractivity contribution is 5.86. The average Bonchev–Trinajstić information content (AvgIpc) is 3.17. The van der Waals surface area contributed by atoms with Crippen molar-refractivity contribution in [3.8, 4) is 11.4 Å². The van der Waals surface area contributed by atoms with Gasteiger partial charge in [0.25, 0.3) is 5.56 Å². The summed E-state index contributed by atoms with van der Waals surface area (Å²) in [5.41, 5.74) is 7.49. The summed E-state index contributed by atoms with van der Waals surface area (Å²) in [5.74, 6) is -1.09. The largest absolute Gasteiger partial charge is 0.458 e. The monoisotopic (exact) mass is 449 g/mol. The normalized spacial score (nSPS) is 18.5. The van der Waals surface area contributed by atoms with Crippen LogP contribution in [0.5, 0.6) is 0 Å². The van der Waals surface area contributed by atoms with Crippen molar-refractivity contribution in [2.45, 2.75) is 44.9 Å². The van der Waals surface area contributed by atoms with E-state index in [1.54, 1.807) is 17.6 Å². The highest BCUT2D eigenvalue weighted by atomic mass is 16.6. The van der Waals surface area contributed by atoms with E-state index in [1.165, 1.54) is 0 Å². The van der Waals surface area contributed by atoms with Crippen LogP contribution in [0.2, 0.25) is 0 Å². The molecule has 0 saturated heterocycles. The van der Waals surface area contributed by atoms with Crippen molar-refractivity contribution in [3.63, 3.8) is 0 Å². The van der Waals surface area contributed by atoms with Gasteiger partial charge in [0.2, 0.25) is 0 Å². The molecule has 2 aliphatic rings. The van der Waals surface area contributed by atoms with Gasteiger partial charge in [-0.3, -0.25) is 15.3 Å². The number of hydrogen-bond acceptors (Lipinski definition) is 8. The summed E-state index contributed by atoms with van der Waals surface area (Å²) >= 11 is 0. The van der Waals surface area contributed by atoms with Crippen LogP contribution in [-0.4, -0.2) is 33.3 Å². The summed E-state index contributed by atoms with van der Waals surface area (Å²) in [6.07, 6.45) is 0.845. The maximum Gasteiger partial charge on any atom is 0.343 e. The van der Waals surface area contributed by atoms with Crippen molar-refractivity contribution in [2.24, 2.45) is 5.73 Å². The third-order valence-corrected chi connectivity index (χ3v) is 6.43. The first-order valence-electron chi connectivity index (χ1n) is 10.8. The summed E-state index contributed by atoms with van der Waals surface area (Å²) in [5, 5.41) is 11.8. The lowest BCUT2D eigenvalue weighted by Crippen LogP contribution is -2.44. The molecule has 0 spiro atoms. The van der Waals surface area contributed by atoms with Gasteiger partial charge in [0.05, 0.1) is 29.0 Å². The second kappa shape index (κ2) is 7.79. The number of aromatic nitrogens is 2. The van der Waals surface area contributed by atoms with Crippen molar-refractivity contribution in [1.82, 2.24) is 9.55 Å². The number of esters is 2. The number of ether oxygens (including phenoxy) is 2. The Labute approximate surface area is 188 Å². The van der Waals surface area contributed by atoms with E-state index in [1.807, 2.05) is 24.3 Å². The number of cyclic esters (lactones) is 1. The first-order valence-corrected chi connectivity index (χ1v) is 10.8. The molecule has 3 N–H and O–H groups in total. The van der Waals surface area contributed by atoms with Crippen LogP contribution in [0.1, 0.15) is 42.0 Å². The van der Waals surface area contributed by atoms with Gasteiger partial charge in [-0.05, 0) is 42.7 Å². The van der Waals surface area contributed by atoms with Crippen molar-refractivity contribution < 1.29 is 24.2 Å². The molecule has 0 saturated carbocycles. The van der Waals surface area contributed by atoms with Crippen LogP contribution in [-0.2, 0) is 44.2 Å². The Morgan fingerprint density at radius 1 is 1.30 bits per heavy atom. The second-order valence-electron chi connectivity index (χ2n) is 8.31. The molecule has 170 valence electrons. The van der Waals surface area contributed by atoms with Gasteiger partial charge in [0, 0.05) is 22.9 Å². The van der Waals surface area contributed by atoms with Crippen molar-refractivity contribution in [1.29, 1.82) is 0 Å². The highest BCUT2D eigenvalue weighted by Crippen LogP contribution is 2.38. The van der Waals surface area contributed by atoms with E-state index in [0.717, 1.165) is 22.0 Å². The number of nitrogens with two attached hydrogens (primary N) is 1. The first kappa shape index (κ1) is 21.3. The molecule has 4 heterocycles. The lowest BCUT2D eigenvalue weighted by molar-refractivity contribution is -0.172. The number of fused-ring (bicyclic) bond motifs is 5. The van der Waals surface area contributed by atoms with Gasteiger partial charge in [0.1, 0.15) is 13.3 Å². The number of benzene rings is 1. The fourth-order valence-corrected chi connectivity index (χ4v) is 4.60. The van der Waals surface area contributed by atoms with Crippen LogP contribution in [0, 0.1) is 0 Å². The maximum absolute atomic E-state index is 13.2. The number of pyridine rings is 2. The number of aryl methyl sites for hydroxylation is 1. The number of carbonyl (C=O) groups is 2. The first-order chi connectivity index (χ1) is 15.9. The van der Waals surface area contributed by atoms with Crippen LogP contribution in [0.4, 0.5) is 0 Å². The molecule has 0 fully saturated rings. The van der Waals surface area contributed by atoms with E-state index in [4.69, 9.17) is 20.2 Å². The minimum atomic E-state index is -1.85. The number of rotatable bonds is 5. The van der Waals surface area contributed by atoms with E-state index in [2.05, 4.69) is 0 Å². The SMILES string of the molecule is CC[C@@]1(O)C(=O)OCc2c1cc1n(c2=O)Cc2cc3cc(CCC(=O)OCN)ccc3nc2-1. The topological polar surface area (TPSA) is 134 Å². The fourth-order valence-electron chi connectivity index (χ4n) is 4.60. The van der Waals surface area contributed by atoms with Gasteiger partial charge in [-0.25, -0.2) is 9.78 Å². The van der Waals surface area contributed by atoms with Crippen LogP contribution < -0.4 is 11.3 Å². The Morgan fingerprint density at radius 2 is 2.12 bits per heavy atom. The van der Waals surface area contributed by atoms with E-state index in [9.17, 15) is 19.5 Å². The molecule has 2 aromatic heterocycles. The van der Waals surface area contributed by atoms with Crippen molar-refractivity contribution in [2.75, 3.05) is 6.73 Å². The molecule has 0 unspecified atom stereocenters. The molecular weight excluding hydrogens is 426 g/mol. The van der Waals surface area contributed by atoms with Crippen LogP contribution >= 0.6 is 0 Å². The average molecular weight is 449 g/mol. The van der Waals surface area contributed by atoms with E-state index in [0.29, 0.717) is 35.5 Å². The Kier molecular flexibility index (Phi) is 5.02. The second-order valence-corrected chi connectivity index (χ2v) is 8.31. The fraction of sp³-hybridized carbons (Fsp3) is 0.333. The molecule has 0 radical (unpaired) electrons. The quantitative estimate of drug-likeness (QED) is 0.346. The van der Waals surface area contributed by atoms with E-state index in [-0.39, 0.29) is 37.7 Å². The minimum Gasteiger partial charge on any atom is -0.458 e. The standard InChI is InChI=1S/C24H23N3O6/c1-2-24(31)17-9-19-21-15(10-27(19)22(29)16(17)11-32-23(24)30)8-14-7-13(3-5-18(14)26-21)4-6-20(28)33-12-25/h3,5,7-9,31H,2,4,6,10-12,25H2,1H3/t24-/m0/s1. The Bertz CT molecular complexity index is 1380. The van der Waals surface area contributed by atoms with Crippen LogP contribution in [0.3, 0.4) is 0 Å². The molecule has 0 aliphatic carbocycles. The molecule has 9 nitrogen and oxygen atoms in total. The van der Waals surface area contributed by atoms with Gasteiger partial charge in [-0.15, -0.1) is 0 Å². The molecule has 1 atom stereocenters. The van der Waals surface area contributed by atoms with E-state index >= 15 is 0 Å². The smallest absolute Gasteiger partial charge is 0.343 e. The zero-order valence-corrected chi connectivity index (χ0v) is 18.1. The molecule has 1 aromatic carbocycles. The molecule has 9 heteroatoms. The molecule has 0 bridgehead atoms. The van der Waals surface area contributed by atoms with Crippen molar-refractivity contribution in [3.05, 3.63) is 62.9 Å². The molecule has 0 amide bonds. The zero-order chi connectivity index (χ0) is 23.3. The third-order valence-electron chi connectivity index (χ3n) is 6.43. The lowest BCUT2D eigenvalue weighted by atomic mass is 9.86. The van der Waals surface area contributed by atoms with Crippen molar-refractivity contribution >= 4 is 22.8 Å². The van der Waals surface area contributed by atoms with Gasteiger partial charge in [0.15, 0.2) is 5.60 Å². The number of hydrogen-bond donors (Lipinski definition) is 2. The van der Waals surface area contributed by atoms with Crippen LogP contribution in [0.15, 0.2) is 35.1 Å². The molecule has 33 heavy (non-hydrogen) atoms. The molecule has 5 rings (SSSR count). The van der Waals surface area contributed by atoms with Gasteiger partial charge in [-0.1, -0.05) is 13.0 Å². The van der Waals surface area contributed by atoms with Gasteiger partial charge >= 0.3 is 11.9 Å². The summed E-state index contributed by atoms with van der Waals surface area (Å²) < 4.78 is 11.5. The lowest BCUT2D eigenvalue weighted by Gasteiger charge is -2.31.